The summed E-state index contributed by atoms with van der Waals surface area (Å²) in [6.45, 7) is 6.03. The maximum absolute atomic E-state index is 13.7. The number of carbonyl (C=O) groups is 1. The van der Waals surface area contributed by atoms with Crippen LogP contribution in [0.3, 0.4) is 0 Å². The van der Waals surface area contributed by atoms with Crippen molar-refractivity contribution < 1.29 is 27.4 Å². The van der Waals surface area contributed by atoms with E-state index < -0.39 is 34.9 Å². The highest BCUT2D eigenvalue weighted by Crippen LogP contribution is 2.52. The maximum Gasteiger partial charge on any atom is 0.348 e. The molecule has 0 saturated carbocycles. The quantitative estimate of drug-likeness (QED) is 0.483. The zero-order valence-corrected chi connectivity index (χ0v) is 22.4. The van der Waals surface area contributed by atoms with Crippen molar-refractivity contribution in [3.63, 3.8) is 0 Å². The van der Waals surface area contributed by atoms with Crippen molar-refractivity contribution in [3.8, 4) is 0 Å². The first-order chi connectivity index (χ1) is 16.7. The Kier molecular flexibility index (Phi) is 6.53. The number of rotatable bonds is 6. The third-order valence-corrected chi connectivity index (χ3v) is 8.44. The third-order valence-electron chi connectivity index (χ3n) is 5.89. The van der Waals surface area contributed by atoms with Gasteiger partial charge in [-0.1, -0.05) is 51.1 Å². The van der Waals surface area contributed by atoms with Crippen molar-refractivity contribution in [1.29, 1.82) is 0 Å². The van der Waals surface area contributed by atoms with Crippen molar-refractivity contribution in [2.75, 3.05) is 23.4 Å². The number of nitrogens with zero attached hydrogens (tertiary/aromatic N) is 2. The molecule has 2 atom stereocenters. The Morgan fingerprint density at radius 1 is 1.19 bits per heavy atom. The standard InChI is InChI=1S/C24H29N4O6PS/c1-24(2,3)21-20(29)19(23(30)28(21)14-15-9-7-6-8-10-15)22-25-17-12-11-16(27-36(5,32)33)13-18(17)35(31,26-22)34-4/h6-13,21,27,29H,14H2,1-5H3,(H,25,26,31). The summed E-state index contributed by atoms with van der Waals surface area (Å²) in [6, 6.07) is 13.2. The van der Waals surface area contributed by atoms with E-state index in [1.807, 2.05) is 51.1 Å². The zero-order valence-electron chi connectivity index (χ0n) is 20.6. The Labute approximate surface area is 210 Å². The molecule has 10 nitrogen and oxygen atoms in total. The fraction of sp³-hybridized carbons (Fsp3) is 0.333. The number of nitrogens with one attached hydrogen (secondary N) is 2. The normalized spacial score (nSPS) is 22.2. The highest BCUT2D eigenvalue weighted by atomic mass is 32.2. The van der Waals surface area contributed by atoms with Crippen molar-refractivity contribution in [2.24, 2.45) is 10.2 Å². The summed E-state index contributed by atoms with van der Waals surface area (Å²) in [5, 5.41) is 14.4. The lowest BCUT2D eigenvalue weighted by Crippen LogP contribution is -2.43. The van der Waals surface area contributed by atoms with Crippen LogP contribution in [0.1, 0.15) is 26.3 Å². The summed E-state index contributed by atoms with van der Waals surface area (Å²) in [6.07, 6.45) is 1.00. The first kappa shape index (κ1) is 25.9. The van der Waals surface area contributed by atoms with Crippen molar-refractivity contribution >= 4 is 46.0 Å². The average molecular weight is 533 g/mol. The molecule has 36 heavy (non-hydrogen) atoms. The molecule has 2 aliphatic heterocycles. The van der Waals surface area contributed by atoms with E-state index in [4.69, 9.17) is 4.52 Å². The number of sulfonamides is 1. The van der Waals surface area contributed by atoms with E-state index in [0.717, 1.165) is 11.8 Å². The fourth-order valence-electron chi connectivity index (χ4n) is 4.44. The number of aliphatic hydroxyl groups excluding tert-OH is 1. The molecule has 4 rings (SSSR count). The summed E-state index contributed by atoms with van der Waals surface area (Å²) in [5.41, 5.74) is 0.820. The van der Waals surface area contributed by atoms with E-state index in [1.165, 1.54) is 25.3 Å². The largest absolute Gasteiger partial charge is 0.509 e. The van der Waals surface area contributed by atoms with Crippen LogP contribution < -0.4 is 15.3 Å². The Morgan fingerprint density at radius 2 is 1.86 bits per heavy atom. The number of amidine groups is 1. The summed E-state index contributed by atoms with van der Waals surface area (Å²) < 4.78 is 48.9. The van der Waals surface area contributed by atoms with E-state index in [0.29, 0.717) is 5.69 Å². The number of anilines is 2. The molecule has 3 N–H and O–H groups in total. The molecule has 0 aliphatic carbocycles. The molecule has 2 heterocycles. The number of hydrogen-bond donors (Lipinski definition) is 3. The topological polar surface area (TPSA) is 137 Å². The van der Waals surface area contributed by atoms with E-state index in [9.17, 15) is 22.9 Å². The lowest BCUT2D eigenvalue weighted by Gasteiger charge is -2.35. The molecule has 2 aromatic carbocycles. The van der Waals surface area contributed by atoms with Gasteiger partial charge in [-0.15, -0.1) is 0 Å². The molecule has 192 valence electrons. The zero-order chi connectivity index (χ0) is 26.5. The number of benzene rings is 2. The van der Waals surface area contributed by atoms with Crippen LogP contribution in [0.15, 0.2) is 64.6 Å². The SMILES string of the molecule is COP1(=O)N=C(C2=C(O)C(C(C)(C)C)N(Cc3ccccc3)C2=O)Nc2ccc(NS(C)(=O)=O)cc21. The third kappa shape index (κ3) is 4.91. The maximum atomic E-state index is 13.7. The minimum absolute atomic E-state index is 0.0659. The van der Waals surface area contributed by atoms with Crippen molar-refractivity contribution in [3.05, 3.63) is 65.4 Å². The van der Waals surface area contributed by atoms with E-state index >= 15 is 0 Å². The second-order valence-electron chi connectivity index (χ2n) is 9.83. The Bertz CT molecular complexity index is 1430. The second-order valence-corrected chi connectivity index (χ2v) is 13.7. The molecule has 0 radical (unpaired) electrons. The van der Waals surface area contributed by atoms with Gasteiger partial charge in [0.15, 0.2) is 5.84 Å². The van der Waals surface area contributed by atoms with Crippen LogP contribution >= 0.6 is 7.52 Å². The van der Waals surface area contributed by atoms with Crippen LogP contribution in [0.5, 0.6) is 0 Å². The number of hydrogen-bond acceptors (Lipinski definition) is 7. The fourth-order valence-corrected chi connectivity index (χ4v) is 6.53. The van der Waals surface area contributed by atoms with Crippen LogP contribution in [-0.2, 0) is 30.5 Å². The van der Waals surface area contributed by atoms with Gasteiger partial charge in [0.1, 0.15) is 11.3 Å². The molecule has 2 unspecified atom stereocenters. The lowest BCUT2D eigenvalue weighted by atomic mass is 9.85. The van der Waals surface area contributed by atoms with Gasteiger partial charge < -0.3 is 19.8 Å². The average Bonchev–Trinajstić information content (AvgIpc) is 3.03. The molecule has 12 heteroatoms. The van der Waals surface area contributed by atoms with Crippen LogP contribution in [0.4, 0.5) is 11.4 Å². The van der Waals surface area contributed by atoms with E-state index in [-0.39, 0.29) is 34.7 Å². The van der Waals surface area contributed by atoms with Gasteiger partial charge in [0.25, 0.3) is 5.91 Å². The van der Waals surface area contributed by atoms with E-state index in [1.54, 1.807) is 4.90 Å². The van der Waals surface area contributed by atoms with Gasteiger partial charge in [0.05, 0.1) is 23.3 Å². The van der Waals surface area contributed by atoms with Crippen molar-refractivity contribution in [1.82, 2.24) is 4.90 Å². The molecule has 0 fully saturated rings. The first-order valence-electron chi connectivity index (χ1n) is 11.2. The summed E-state index contributed by atoms with van der Waals surface area (Å²) in [5.74, 6) is -0.691. The first-order valence-corrected chi connectivity index (χ1v) is 14.6. The molecule has 0 saturated heterocycles. The van der Waals surface area contributed by atoms with Crippen LogP contribution in [0, 0.1) is 5.41 Å². The van der Waals surface area contributed by atoms with Gasteiger partial charge in [-0.05, 0) is 29.2 Å². The minimum atomic E-state index is -3.91. The van der Waals surface area contributed by atoms with Crippen LogP contribution in [-0.4, -0.2) is 49.6 Å². The lowest BCUT2D eigenvalue weighted by molar-refractivity contribution is -0.129. The van der Waals surface area contributed by atoms with Crippen LogP contribution in [0.25, 0.3) is 0 Å². The molecule has 0 bridgehead atoms. The molecular formula is C24H29N4O6PS. The van der Waals surface area contributed by atoms with E-state index in [2.05, 4.69) is 14.8 Å². The monoisotopic (exact) mass is 532 g/mol. The number of aliphatic hydroxyl groups is 1. The number of fused-ring (bicyclic) bond motifs is 1. The summed E-state index contributed by atoms with van der Waals surface area (Å²) >= 11 is 0. The smallest absolute Gasteiger partial charge is 0.348 e. The van der Waals surface area contributed by atoms with Gasteiger partial charge in [-0.3, -0.25) is 14.1 Å². The number of amides is 1. The van der Waals surface area contributed by atoms with Gasteiger partial charge in [0, 0.05) is 19.3 Å². The molecule has 2 aromatic rings. The highest BCUT2D eigenvalue weighted by Gasteiger charge is 2.48. The summed E-state index contributed by atoms with van der Waals surface area (Å²) in [4.78, 5) is 15.3. The van der Waals surface area contributed by atoms with Crippen LogP contribution in [0.2, 0.25) is 0 Å². The predicted octanol–water partition coefficient (Wildman–Crippen LogP) is 3.62. The van der Waals surface area contributed by atoms with Crippen molar-refractivity contribution in [2.45, 2.75) is 33.4 Å². The Morgan fingerprint density at radius 3 is 2.44 bits per heavy atom. The molecule has 2 aliphatic rings. The Hall–Kier alpha value is -3.14. The van der Waals surface area contributed by atoms with Gasteiger partial charge in [0.2, 0.25) is 10.0 Å². The highest BCUT2D eigenvalue weighted by molar-refractivity contribution is 7.92. The van der Waals surface area contributed by atoms with Gasteiger partial charge >= 0.3 is 7.52 Å². The second kappa shape index (κ2) is 9.06. The molecule has 0 spiro atoms. The van der Waals surface area contributed by atoms with Gasteiger partial charge in [-0.2, -0.15) is 4.76 Å². The Balaban J connectivity index is 1.78. The molecule has 1 amide bonds. The van der Waals surface area contributed by atoms with Gasteiger partial charge in [-0.25, -0.2) is 8.42 Å². The molecular weight excluding hydrogens is 503 g/mol. The summed E-state index contributed by atoms with van der Waals surface area (Å²) in [7, 11) is -6.26. The number of carbonyl (C=O) groups excluding carboxylic acids is 1. The minimum Gasteiger partial charge on any atom is -0.509 e. The predicted molar refractivity (Wildman–Crippen MR) is 140 cm³/mol. The molecule has 0 aromatic heterocycles.